The van der Waals surface area contributed by atoms with Crippen LogP contribution in [0.5, 0.6) is 0 Å². The summed E-state index contributed by atoms with van der Waals surface area (Å²) in [6, 6.07) is 4.79. The van der Waals surface area contributed by atoms with Crippen molar-refractivity contribution in [1.29, 1.82) is 0 Å². The molecule has 11 heteroatoms. The molecular formula is C21H23F2N3O5S. The molecule has 1 unspecified atom stereocenters. The zero-order valence-electron chi connectivity index (χ0n) is 17.2. The molecule has 2 saturated heterocycles. The Hall–Kier alpha value is -2.79. The summed E-state index contributed by atoms with van der Waals surface area (Å²) < 4.78 is 59.3. The second kappa shape index (κ2) is 8.99. The first kappa shape index (κ1) is 22.4. The Kier molecular flexibility index (Phi) is 6.29. The molecule has 0 bridgehead atoms. The minimum absolute atomic E-state index is 0.0527. The maximum absolute atomic E-state index is 14.0. The number of likely N-dealkylation sites (tertiary alicyclic amines) is 1. The lowest BCUT2D eigenvalue weighted by Crippen LogP contribution is -2.57. The Labute approximate surface area is 184 Å². The van der Waals surface area contributed by atoms with Crippen molar-refractivity contribution in [3.05, 3.63) is 54.0 Å². The van der Waals surface area contributed by atoms with Gasteiger partial charge < -0.3 is 14.2 Å². The molecule has 2 amide bonds. The SMILES string of the molecule is O=C(C1CCCCN1C(=O)c1ccco1)N1CCN(S(=O)(=O)c2cc(F)ccc2F)CC1. The number of carbonyl (C=O) groups excluding carboxylic acids is 2. The highest BCUT2D eigenvalue weighted by atomic mass is 32.2. The summed E-state index contributed by atoms with van der Waals surface area (Å²) in [4.78, 5) is 28.3. The molecule has 1 aromatic heterocycles. The van der Waals surface area contributed by atoms with Crippen molar-refractivity contribution in [2.75, 3.05) is 32.7 Å². The lowest BCUT2D eigenvalue weighted by molar-refractivity contribution is -0.138. The number of piperazine rings is 1. The highest BCUT2D eigenvalue weighted by Crippen LogP contribution is 2.25. The van der Waals surface area contributed by atoms with Gasteiger partial charge in [-0.05, 0) is 49.6 Å². The van der Waals surface area contributed by atoms with Crippen LogP contribution in [0, 0.1) is 11.6 Å². The third-order valence-electron chi connectivity index (χ3n) is 5.84. The molecule has 2 aliphatic heterocycles. The van der Waals surface area contributed by atoms with E-state index < -0.39 is 32.6 Å². The van der Waals surface area contributed by atoms with Crippen LogP contribution in [0.4, 0.5) is 8.78 Å². The van der Waals surface area contributed by atoms with Crippen molar-refractivity contribution in [3.8, 4) is 0 Å². The number of hydrogen-bond donors (Lipinski definition) is 0. The third kappa shape index (κ3) is 4.26. The molecule has 3 heterocycles. The number of amides is 2. The summed E-state index contributed by atoms with van der Waals surface area (Å²) in [5.41, 5.74) is 0. The Balaban J connectivity index is 1.44. The molecule has 32 heavy (non-hydrogen) atoms. The zero-order chi connectivity index (χ0) is 22.9. The van der Waals surface area contributed by atoms with Crippen LogP contribution in [0.25, 0.3) is 0 Å². The number of furan rings is 1. The van der Waals surface area contributed by atoms with Gasteiger partial charge in [0, 0.05) is 32.7 Å². The lowest BCUT2D eigenvalue weighted by atomic mass is 10.00. The van der Waals surface area contributed by atoms with Gasteiger partial charge in [-0.2, -0.15) is 4.31 Å². The first-order valence-electron chi connectivity index (χ1n) is 10.4. The van der Waals surface area contributed by atoms with Gasteiger partial charge in [-0.15, -0.1) is 0 Å². The van der Waals surface area contributed by atoms with Gasteiger partial charge in [0.2, 0.25) is 15.9 Å². The van der Waals surface area contributed by atoms with E-state index in [0.717, 1.165) is 29.3 Å². The number of hydrogen-bond acceptors (Lipinski definition) is 5. The average Bonchev–Trinajstić information content (AvgIpc) is 3.35. The lowest BCUT2D eigenvalue weighted by Gasteiger charge is -2.40. The van der Waals surface area contributed by atoms with E-state index in [0.29, 0.717) is 19.0 Å². The van der Waals surface area contributed by atoms with Crippen molar-refractivity contribution in [2.45, 2.75) is 30.2 Å². The predicted octanol–water partition coefficient (Wildman–Crippen LogP) is 2.09. The van der Waals surface area contributed by atoms with E-state index in [1.165, 1.54) is 16.1 Å². The van der Waals surface area contributed by atoms with Crippen molar-refractivity contribution in [3.63, 3.8) is 0 Å². The molecule has 172 valence electrons. The number of nitrogens with zero attached hydrogens (tertiary/aromatic N) is 3. The quantitative estimate of drug-likeness (QED) is 0.687. The minimum Gasteiger partial charge on any atom is -0.459 e. The van der Waals surface area contributed by atoms with Crippen LogP contribution >= 0.6 is 0 Å². The molecule has 8 nitrogen and oxygen atoms in total. The van der Waals surface area contributed by atoms with Gasteiger partial charge >= 0.3 is 0 Å². The molecule has 2 aromatic rings. The standard InChI is InChI=1S/C21H23F2N3O5S/c22-15-6-7-16(23)19(14-15)32(29,30)25-11-9-24(10-12-25)20(27)17-4-1-2-8-26(17)21(28)18-5-3-13-31-18/h3,5-7,13-14,17H,1-2,4,8-12H2. The highest BCUT2D eigenvalue weighted by molar-refractivity contribution is 7.89. The largest absolute Gasteiger partial charge is 0.459 e. The molecule has 0 saturated carbocycles. The molecule has 0 N–H and O–H groups in total. The van der Waals surface area contributed by atoms with Crippen molar-refractivity contribution >= 4 is 21.8 Å². The van der Waals surface area contributed by atoms with E-state index in [-0.39, 0.29) is 43.8 Å². The van der Waals surface area contributed by atoms with Crippen LogP contribution in [0.2, 0.25) is 0 Å². The van der Waals surface area contributed by atoms with Gasteiger partial charge in [-0.25, -0.2) is 17.2 Å². The predicted molar refractivity (Wildman–Crippen MR) is 109 cm³/mol. The molecule has 1 aromatic carbocycles. The van der Waals surface area contributed by atoms with Crippen LogP contribution in [-0.4, -0.2) is 73.1 Å². The zero-order valence-corrected chi connectivity index (χ0v) is 18.1. The van der Waals surface area contributed by atoms with Crippen LogP contribution in [0.15, 0.2) is 45.9 Å². The van der Waals surface area contributed by atoms with Gasteiger partial charge in [-0.3, -0.25) is 9.59 Å². The van der Waals surface area contributed by atoms with E-state index in [2.05, 4.69) is 0 Å². The van der Waals surface area contributed by atoms with Crippen LogP contribution in [0.1, 0.15) is 29.8 Å². The van der Waals surface area contributed by atoms with E-state index in [1.54, 1.807) is 12.1 Å². The minimum atomic E-state index is -4.24. The fourth-order valence-electron chi connectivity index (χ4n) is 4.15. The maximum Gasteiger partial charge on any atom is 0.290 e. The molecule has 1 atom stereocenters. The Morgan fingerprint density at radius 2 is 1.75 bits per heavy atom. The number of piperidine rings is 1. The fraction of sp³-hybridized carbons (Fsp3) is 0.429. The first-order valence-corrected chi connectivity index (χ1v) is 11.8. The number of carbonyl (C=O) groups is 2. The maximum atomic E-state index is 14.0. The number of sulfonamides is 1. The smallest absolute Gasteiger partial charge is 0.290 e. The Morgan fingerprint density at radius 1 is 1.00 bits per heavy atom. The number of benzene rings is 1. The summed E-state index contributed by atoms with van der Waals surface area (Å²) in [6.07, 6.45) is 3.49. The summed E-state index contributed by atoms with van der Waals surface area (Å²) in [7, 11) is -4.24. The van der Waals surface area contributed by atoms with Crippen LogP contribution in [-0.2, 0) is 14.8 Å². The summed E-state index contributed by atoms with van der Waals surface area (Å²) in [5, 5.41) is 0. The summed E-state index contributed by atoms with van der Waals surface area (Å²) in [5.74, 6) is -2.32. The van der Waals surface area contributed by atoms with E-state index in [1.807, 2.05) is 0 Å². The Morgan fingerprint density at radius 3 is 2.44 bits per heavy atom. The van der Waals surface area contributed by atoms with Gasteiger partial charge in [0.1, 0.15) is 22.6 Å². The monoisotopic (exact) mass is 467 g/mol. The van der Waals surface area contributed by atoms with Crippen molar-refractivity contribution in [2.24, 2.45) is 0 Å². The van der Waals surface area contributed by atoms with E-state index in [4.69, 9.17) is 4.42 Å². The van der Waals surface area contributed by atoms with Gasteiger partial charge in [0.15, 0.2) is 5.76 Å². The molecule has 2 fully saturated rings. The van der Waals surface area contributed by atoms with Crippen LogP contribution < -0.4 is 0 Å². The van der Waals surface area contributed by atoms with E-state index >= 15 is 0 Å². The van der Waals surface area contributed by atoms with Gasteiger partial charge in [0.25, 0.3) is 5.91 Å². The molecule has 0 aliphatic carbocycles. The highest BCUT2D eigenvalue weighted by Gasteiger charge is 2.38. The fourth-order valence-corrected chi connectivity index (χ4v) is 5.64. The van der Waals surface area contributed by atoms with Gasteiger partial charge in [0.05, 0.1) is 6.26 Å². The second-order valence-electron chi connectivity index (χ2n) is 7.79. The third-order valence-corrected chi connectivity index (χ3v) is 7.76. The van der Waals surface area contributed by atoms with Crippen molar-refractivity contribution in [1.82, 2.24) is 14.1 Å². The molecular weight excluding hydrogens is 444 g/mol. The molecule has 4 rings (SSSR count). The van der Waals surface area contributed by atoms with Crippen molar-refractivity contribution < 1.29 is 31.2 Å². The molecule has 2 aliphatic rings. The molecule has 0 spiro atoms. The van der Waals surface area contributed by atoms with Crippen LogP contribution in [0.3, 0.4) is 0 Å². The number of rotatable bonds is 4. The topological polar surface area (TPSA) is 91.1 Å². The van der Waals surface area contributed by atoms with Gasteiger partial charge in [-0.1, -0.05) is 0 Å². The first-order chi connectivity index (χ1) is 15.3. The average molecular weight is 467 g/mol. The normalized spacial score (nSPS) is 20.4. The van der Waals surface area contributed by atoms with E-state index in [9.17, 15) is 26.8 Å². The summed E-state index contributed by atoms with van der Waals surface area (Å²) in [6.45, 7) is 0.511. The second-order valence-corrected chi connectivity index (χ2v) is 9.70. The Bertz CT molecular complexity index is 1100. The number of halogens is 2. The molecule has 0 radical (unpaired) electrons. The summed E-state index contributed by atoms with van der Waals surface area (Å²) >= 11 is 0.